The van der Waals surface area contributed by atoms with E-state index in [2.05, 4.69) is 0 Å². The molecular formula is C7H13NO3Si3. The van der Waals surface area contributed by atoms with Crippen molar-refractivity contribution in [3.8, 4) is 0 Å². The average Bonchev–Trinajstić information content (AvgIpc) is 2.31. The fourth-order valence-electron chi connectivity index (χ4n) is 1.44. The molecule has 2 N–H and O–H groups in total. The Hall–Kier alpha value is -0.289. The molecule has 0 bridgehead atoms. The highest BCUT2D eigenvalue weighted by atomic mass is 28.5. The number of nitrogens with two attached hydrogens (primary N) is 1. The summed E-state index contributed by atoms with van der Waals surface area (Å²) in [6.45, 7) is 0. The highest BCUT2D eigenvalue weighted by molar-refractivity contribution is 6.87. The predicted octanol–water partition coefficient (Wildman–Crippen LogP) is -2.11. The van der Waals surface area contributed by atoms with Crippen molar-refractivity contribution in [3.63, 3.8) is 0 Å². The number of hydrogen-bond donors (Lipinski definition) is 1. The monoisotopic (exact) mass is 243 g/mol. The Labute approximate surface area is 88.7 Å². The molecule has 0 unspecified atom stereocenters. The highest BCUT2D eigenvalue weighted by Crippen LogP contribution is 2.09. The van der Waals surface area contributed by atoms with Gasteiger partial charge in [0, 0.05) is 6.17 Å². The van der Waals surface area contributed by atoms with Gasteiger partial charge in [-0.25, -0.2) is 0 Å². The quantitative estimate of drug-likeness (QED) is 0.605. The van der Waals surface area contributed by atoms with Crippen molar-refractivity contribution in [2.75, 3.05) is 6.17 Å². The molecule has 1 fully saturated rings. The van der Waals surface area contributed by atoms with Gasteiger partial charge in [-0.2, -0.15) is 0 Å². The molecule has 76 valence electrons. The molecule has 1 saturated heterocycles. The highest BCUT2D eigenvalue weighted by Gasteiger charge is 2.40. The molecule has 1 aliphatic heterocycles. The van der Waals surface area contributed by atoms with Crippen LogP contribution in [0, 0.1) is 0 Å². The van der Waals surface area contributed by atoms with E-state index in [1.807, 2.05) is 30.3 Å². The number of hydrogen-bond acceptors (Lipinski definition) is 4. The lowest BCUT2D eigenvalue weighted by atomic mass is 10.4. The summed E-state index contributed by atoms with van der Waals surface area (Å²) in [5, 5.41) is 1.13. The van der Waals surface area contributed by atoms with E-state index < -0.39 is 28.6 Å². The van der Waals surface area contributed by atoms with Crippen LogP contribution in [0.5, 0.6) is 0 Å². The lowest BCUT2D eigenvalue weighted by Crippen LogP contribution is -2.63. The third kappa shape index (κ3) is 1.88. The van der Waals surface area contributed by atoms with E-state index in [0.717, 1.165) is 5.19 Å². The van der Waals surface area contributed by atoms with Gasteiger partial charge in [0.05, 0.1) is 0 Å². The Kier molecular flexibility index (Phi) is 3.28. The first kappa shape index (κ1) is 10.2. The zero-order chi connectivity index (χ0) is 9.86. The molecule has 4 nitrogen and oxygen atoms in total. The first-order valence-electron chi connectivity index (χ1n) is 4.49. The summed E-state index contributed by atoms with van der Waals surface area (Å²) >= 11 is 0. The van der Waals surface area contributed by atoms with Gasteiger partial charge < -0.3 is 18.1 Å². The second-order valence-electron chi connectivity index (χ2n) is 3.05. The Balaban J connectivity index is 2.27. The molecule has 0 aromatic heterocycles. The molecule has 14 heavy (non-hydrogen) atoms. The van der Waals surface area contributed by atoms with Gasteiger partial charge in [-0.1, -0.05) is 30.3 Å². The summed E-state index contributed by atoms with van der Waals surface area (Å²) < 4.78 is 16.7. The van der Waals surface area contributed by atoms with Gasteiger partial charge in [0.1, 0.15) is 0 Å². The molecule has 1 heterocycles. The van der Waals surface area contributed by atoms with E-state index >= 15 is 0 Å². The van der Waals surface area contributed by atoms with Crippen LogP contribution in [0.3, 0.4) is 0 Å². The van der Waals surface area contributed by atoms with Gasteiger partial charge in [0.15, 0.2) is 0 Å². The third-order valence-electron chi connectivity index (χ3n) is 2.23. The van der Waals surface area contributed by atoms with Crippen LogP contribution < -0.4 is 10.9 Å². The van der Waals surface area contributed by atoms with Crippen molar-refractivity contribution < 1.29 is 12.3 Å². The molecule has 0 atom stereocenters. The first-order chi connectivity index (χ1) is 6.87. The maximum atomic E-state index is 5.77. The van der Waals surface area contributed by atoms with Crippen molar-refractivity contribution in [3.05, 3.63) is 30.3 Å². The lowest BCUT2D eigenvalue weighted by molar-refractivity contribution is 0.307. The van der Waals surface area contributed by atoms with E-state index in [4.69, 9.17) is 18.1 Å². The molecule has 0 radical (unpaired) electrons. The summed E-state index contributed by atoms with van der Waals surface area (Å²) in [5.74, 6) is 0. The Bertz CT molecular complexity index is 291. The van der Waals surface area contributed by atoms with Crippen LogP contribution in [-0.2, 0) is 12.3 Å². The van der Waals surface area contributed by atoms with Gasteiger partial charge in [-0.3, -0.25) is 0 Å². The van der Waals surface area contributed by atoms with Crippen LogP contribution in [-0.4, -0.2) is 34.7 Å². The van der Waals surface area contributed by atoms with Crippen molar-refractivity contribution in [2.45, 2.75) is 0 Å². The zero-order valence-corrected chi connectivity index (χ0v) is 11.6. The molecule has 2 rings (SSSR count). The van der Waals surface area contributed by atoms with Crippen molar-refractivity contribution in [1.29, 1.82) is 0 Å². The first-order valence-corrected chi connectivity index (χ1v) is 8.82. The summed E-state index contributed by atoms with van der Waals surface area (Å²) in [7, 11) is -3.92. The smallest absolute Gasteiger partial charge is 0.368 e. The van der Waals surface area contributed by atoms with Crippen molar-refractivity contribution >= 4 is 33.8 Å². The van der Waals surface area contributed by atoms with E-state index in [9.17, 15) is 0 Å². The topological polar surface area (TPSA) is 53.7 Å². The second-order valence-corrected chi connectivity index (χ2v) is 9.96. The SMILES string of the molecule is NC[Si]1(c2ccccc2)O[SiH2]O[SiH2]O1. The maximum Gasteiger partial charge on any atom is 0.368 e. The number of benzene rings is 1. The zero-order valence-electron chi connectivity index (χ0n) is 7.81. The minimum atomic E-state index is -2.26. The largest absolute Gasteiger partial charge is 0.425 e. The minimum Gasteiger partial charge on any atom is -0.425 e. The molecule has 7 heteroatoms. The van der Waals surface area contributed by atoms with Gasteiger partial charge in [-0.15, -0.1) is 0 Å². The van der Waals surface area contributed by atoms with Gasteiger partial charge in [0.2, 0.25) is 0 Å². The van der Waals surface area contributed by atoms with Crippen LogP contribution in [0.1, 0.15) is 0 Å². The Morgan fingerprint density at radius 3 is 2.36 bits per heavy atom. The summed E-state index contributed by atoms with van der Waals surface area (Å²) in [6, 6.07) is 10.0. The maximum absolute atomic E-state index is 5.77. The number of rotatable bonds is 2. The molecule has 1 aliphatic rings. The summed E-state index contributed by atoms with van der Waals surface area (Å²) in [6.07, 6.45) is 0.486. The molecule has 0 aliphatic carbocycles. The molecule has 0 saturated carbocycles. The molecule has 1 aromatic rings. The van der Waals surface area contributed by atoms with E-state index in [0.29, 0.717) is 6.17 Å². The minimum absolute atomic E-state index is 0.486. The Morgan fingerprint density at radius 1 is 1.14 bits per heavy atom. The van der Waals surface area contributed by atoms with Crippen LogP contribution in [0.25, 0.3) is 0 Å². The Morgan fingerprint density at radius 2 is 1.79 bits per heavy atom. The van der Waals surface area contributed by atoms with Crippen LogP contribution in [0.15, 0.2) is 30.3 Å². The van der Waals surface area contributed by atoms with Crippen LogP contribution in [0.2, 0.25) is 0 Å². The van der Waals surface area contributed by atoms with Crippen LogP contribution in [0.4, 0.5) is 0 Å². The summed E-state index contributed by atoms with van der Waals surface area (Å²) in [5.41, 5.74) is 5.77. The van der Waals surface area contributed by atoms with Gasteiger partial charge in [0.25, 0.3) is 20.0 Å². The molecule has 0 amide bonds. The van der Waals surface area contributed by atoms with E-state index in [1.54, 1.807) is 0 Å². The molecule has 1 aromatic carbocycles. The fourth-order valence-corrected chi connectivity index (χ4v) is 9.70. The normalized spacial score (nSPS) is 30.9. The average molecular weight is 243 g/mol. The van der Waals surface area contributed by atoms with Gasteiger partial charge in [-0.05, 0) is 5.19 Å². The van der Waals surface area contributed by atoms with Crippen molar-refractivity contribution in [1.82, 2.24) is 0 Å². The van der Waals surface area contributed by atoms with Gasteiger partial charge >= 0.3 is 8.56 Å². The molecule has 0 spiro atoms. The van der Waals surface area contributed by atoms with Crippen LogP contribution >= 0.6 is 0 Å². The standard InChI is InChI=1S/C7H13NO3Si3/c8-6-14(10-12-9-13-11-14)7-4-2-1-3-5-7/h1-5H,6,8,12-13H2. The van der Waals surface area contributed by atoms with E-state index in [1.165, 1.54) is 0 Å². The van der Waals surface area contributed by atoms with E-state index in [-0.39, 0.29) is 0 Å². The molecular weight excluding hydrogens is 230 g/mol. The second kappa shape index (κ2) is 4.49. The van der Waals surface area contributed by atoms with Crippen molar-refractivity contribution in [2.24, 2.45) is 5.73 Å². The lowest BCUT2D eigenvalue weighted by Gasteiger charge is -2.33. The predicted molar refractivity (Wildman–Crippen MR) is 61.2 cm³/mol. The third-order valence-corrected chi connectivity index (χ3v) is 9.99. The summed E-state index contributed by atoms with van der Waals surface area (Å²) in [4.78, 5) is 0. The fraction of sp³-hybridized carbons (Fsp3) is 0.143.